The lowest BCUT2D eigenvalue weighted by Crippen LogP contribution is -2.31. The first-order chi connectivity index (χ1) is 8.65. The molecule has 2 fully saturated rings. The number of fused-ring (bicyclic) bond motifs is 2. The van der Waals surface area contributed by atoms with E-state index in [0.717, 1.165) is 24.7 Å². The quantitative estimate of drug-likeness (QED) is 0.527. The van der Waals surface area contributed by atoms with Crippen LogP contribution in [-0.4, -0.2) is 12.6 Å². The molecular weight excluding hydrogens is 224 g/mol. The zero-order valence-corrected chi connectivity index (χ0v) is 12.2. The van der Waals surface area contributed by atoms with E-state index in [9.17, 15) is 4.79 Å². The van der Waals surface area contributed by atoms with Crippen molar-refractivity contribution in [2.45, 2.75) is 59.3 Å². The number of hydrogen-bond acceptors (Lipinski definition) is 2. The van der Waals surface area contributed by atoms with Crippen molar-refractivity contribution in [3.8, 4) is 0 Å². The number of carbonyl (C=O) groups excluding carboxylic acids is 1. The van der Waals surface area contributed by atoms with Crippen molar-refractivity contribution >= 4 is 5.97 Å². The Balaban J connectivity index is 1.71. The van der Waals surface area contributed by atoms with Gasteiger partial charge in [-0.1, -0.05) is 40.0 Å². The first-order valence-corrected chi connectivity index (χ1v) is 7.81. The summed E-state index contributed by atoms with van der Waals surface area (Å²) in [5, 5.41) is 0. The van der Waals surface area contributed by atoms with Gasteiger partial charge in [-0.25, -0.2) is 0 Å². The zero-order valence-electron chi connectivity index (χ0n) is 12.2. The van der Waals surface area contributed by atoms with Gasteiger partial charge in [0, 0.05) is 0 Å². The molecule has 0 spiro atoms. The van der Waals surface area contributed by atoms with E-state index in [4.69, 9.17) is 4.74 Å². The predicted molar refractivity (Wildman–Crippen MR) is 73.1 cm³/mol. The van der Waals surface area contributed by atoms with Crippen LogP contribution in [0.1, 0.15) is 59.3 Å². The third-order valence-electron chi connectivity index (χ3n) is 5.44. The van der Waals surface area contributed by atoms with Crippen LogP contribution in [-0.2, 0) is 9.53 Å². The van der Waals surface area contributed by atoms with Crippen molar-refractivity contribution in [2.75, 3.05) is 6.61 Å². The summed E-state index contributed by atoms with van der Waals surface area (Å²) in [6.07, 6.45) is 7.05. The fourth-order valence-corrected chi connectivity index (χ4v) is 4.02. The lowest BCUT2D eigenvalue weighted by molar-refractivity contribution is -0.151. The summed E-state index contributed by atoms with van der Waals surface area (Å²) >= 11 is 0. The maximum atomic E-state index is 12.1. The van der Waals surface area contributed by atoms with E-state index in [2.05, 4.69) is 20.8 Å². The Morgan fingerprint density at radius 1 is 1.11 bits per heavy atom. The van der Waals surface area contributed by atoms with E-state index in [1.54, 1.807) is 0 Å². The molecule has 2 aliphatic rings. The number of hydrogen-bond donors (Lipinski definition) is 0. The van der Waals surface area contributed by atoms with Crippen molar-refractivity contribution in [1.29, 1.82) is 0 Å². The lowest BCUT2D eigenvalue weighted by atomic mass is 9.76. The Hall–Kier alpha value is -0.530. The molecule has 0 radical (unpaired) electrons. The second kappa shape index (κ2) is 6.08. The Bertz CT molecular complexity index is 285. The number of ether oxygens (including phenoxy) is 1. The van der Waals surface area contributed by atoms with Crippen molar-refractivity contribution in [2.24, 2.45) is 29.6 Å². The topological polar surface area (TPSA) is 26.3 Å². The minimum atomic E-state index is 0.0951. The maximum Gasteiger partial charge on any atom is 0.309 e. The van der Waals surface area contributed by atoms with Gasteiger partial charge in [-0.15, -0.1) is 0 Å². The summed E-state index contributed by atoms with van der Waals surface area (Å²) in [5.74, 6) is 3.21. The molecule has 2 aliphatic carbocycles. The minimum Gasteiger partial charge on any atom is -0.465 e. The van der Waals surface area contributed by atoms with Crippen molar-refractivity contribution in [3.05, 3.63) is 0 Å². The largest absolute Gasteiger partial charge is 0.465 e. The average molecular weight is 252 g/mol. The highest BCUT2D eigenvalue weighted by Crippen LogP contribution is 2.55. The number of carbonyl (C=O) groups is 1. The van der Waals surface area contributed by atoms with E-state index in [1.807, 2.05) is 0 Å². The Labute approximate surface area is 111 Å². The van der Waals surface area contributed by atoms with Gasteiger partial charge < -0.3 is 4.74 Å². The molecule has 5 atom stereocenters. The van der Waals surface area contributed by atoms with Crippen LogP contribution in [0, 0.1) is 29.6 Å². The van der Waals surface area contributed by atoms with E-state index in [-0.39, 0.29) is 11.9 Å². The highest BCUT2D eigenvalue weighted by atomic mass is 16.5. The van der Waals surface area contributed by atoms with Crippen LogP contribution in [0.15, 0.2) is 0 Å². The van der Waals surface area contributed by atoms with Crippen molar-refractivity contribution < 1.29 is 9.53 Å². The van der Waals surface area contributed by atoms with E-state index in [1.165, 1.54) is 25.7 Å². The number of esters is 1. The van der Waals surface area contributed by atoms with E-state index in [0.29, 0.717) is 18.4 Å². The van der Waals surface area contributed by atoms with Gasteiger partial charge in [0.1, 0.15) is 0 Å². The molecule has 2 saturated carbocycles. The molecule has 18 heavy (non-hydrogen) atoms. The third kappa shape index (κ3) is 2.73. The van der Waals surface area contributed by atoms with E-state index >= 15 is 0 Å². The molecule has 0 N–H and O–H groups in total. The van der Waals surface area contributed by atoms with Gasteiger partial charge in [0.15, 0.2) is 0 Å². The first-order valence-electron chi connectivity index (χ1n) is 7.81. The van der Waals surface area contributed by atoms with Gasteiger partial charge in [-0.3, -0.25) is 4.79 Å². The smallest absolute Gasteiger partial charge is 0.309 e. The summed E-state index contributed by atoms with van der Waals surface area (Å²) < 4.78 is 5.47. The van der Waals surface area contributed by atoms with Gasteiger partial charge in [0.25, 0.3) is 0 Å². The van der Waals surface area contributed by atoms with E-state index < -0.39 is 0 Å². The zero-order chi connectivity index (χ0) is 13.1. The normalized spacial score (nSPS) is 38.1. The standard InChI is InChI=1S/C16H28O2/c1-4-5-6-7-8-18-16(17)15-10-13-9-14(15)12(3)11(13)2/h11-15H,4-10H2,1-3H3. The molecule has 0 aliphatic heterocycles. The van der Waals surface area contributed by atoms with Crippen molar-refractivity contribution in [3.63, 3.8) is 0 Å². The molecule has 0 aromatic rings. The molecule has 0 heterocycles. The molecule has 5 unspecified atom stereocenters. The Kier molecular flexibility index (Phi) is 4.69. The monoisotopic (exact) mass is 252 g/mol. The first kappa shape index (κ1) is 13.9. The highest BCUT2D eigenvalue weighted by Gasteiger charge is 2.51. The maximum absolute atomic E-state index is 12.1. The summed E-state index contributed by atoms with van der Waals surface area (Å²) in [5.41, 5.74) is 0. The van der Waals surface area contributed by atoms with Gasteiger partial charge in [-0.05, 0) is 42.9 Å². The molecule has 0 saturated heterocycles. The summed E-state index contributed by atoms with van der Waals surface area (Å²) in [7, 11) is 0. The van der Waals surface area contributed by atoms with Crippen LogP contribution in [0.2, 0.25) is 0 Å². The van der Waals surface area contributed by atoms with Crippen LogP contribution in [0.4, 0.5) is 0 Å². The Morgan fingerprint density at radius 3 is 2.50 bits per heavy atom. The second-order valence-corrected chi connectivity index (χ2v) is 6.45. The third-order valence-corrected chi connectivity index (χ3v) is 5.44. The van der Waals surface area contributed by atoms with Crippen LogP contribution in [0.25, 0.3) is 0 Å². The lowest BCUT2D eigenvalue weighted by Gasteiger charge is -2.30. The molecule has 0 aromatic carbocycles. The second-order valence-electron chi connectivity index (χ2n) is 6.45. The fraction of sp³-hybridized carbons (Fsp3) is 0.938. The van der Waals surface area contributed by atoms with Gasteiger partial charge in [0.2, 0.25) is 0 Å². The van der Waals surface area contributed by atoms with Gasteiger partial charge in [0.05, 0.1) is 12.5 Å². The molecule has 2 bridgehead atoms. The SMILES string of the molecule is CCCCCCOC(=O)C1CC2CC1C(C)C2C. The van der Waals surface area contributed by atoms with Gasteiger partial charge >= 0.3 is 5.97 Å². The molecular formula is C16H28O2. The molecule has 2 rings (SSSR count). The molecule has 2 heteroatoms. The summed E-state index contributed by atoms with van der Waals surface area (Å²) in [4.78, 5) is 12.1. The number of rotatable bonds is 6. The number of unbranched alkanes of at least 4 members (excludes halogenated alkanes) is 3. The summed E-state index contributed by atoms with van der Waals surface area (Å²) in [6, 6.07) is 0. The Morgan fingerprint density at radius 2 is 1.89 bits per heavy atom. The average Bonchev–Trinajstić information content (AvgIpc) is 2.90. The molecule has 104 valence electrons. The van der Waals surface area contributed by atoms with Crippen LogP contribution < -0.4 is 0 Å². The van der Waals surface area contributed by atoms with Crippen LogP contribution in [0.5, 0.6) is 0 Å². The van der Waals surface area contributed by atoms with Crippen LogP contribution >= 0.6 is 0 Å². The molecule has 0 aromatic heterocycles. The van der Waals surface area contributed by atoms with Crippen LogP contribution in [0.3, 0.4) is 0 Å². The molecule has 2 nitrogen and oxygen atoms in total. The predicted octanol–water partition coefficient (Wildman–Crippen LogP) is 4.04. The van der Waals surface area contributed by atoms with Gasteiger partial charge in [-0.2, -0.15) is 0 Å². The van der Waals surface area contributed by atoms with Crippen molar-refractivity contribution in [1.82, 2.24) is 0 Å². The summed E-state index contributed by atoms with van der Waals surface area (Å²) in [6.45, 7) is 7.50. The fourth-order valence-electron chi connectivity index (χ4n) is 4.02. The molecule has 0 amide bonds. The highest BCUT2D eigenvalue weighted by molar-refractivity contribution is 5.73. The minimum absolute atomic E-state index is 0.0951.